The average molecular weight is 235 g/mol. The van der Waals surface area contributed by atoms with Crippen molar-refractivity contribution in [2.45, 2.75) is 19.3 Å². The summed E-state index contributed by atoms with van der Waals surface area (Å²) in [6, 6.07) is 5.45. The number of carboxylic acid groups (broad SMARTS) is 1. The molecular formula is C12H13NO4. The second kappa shape index (κ2) is 4.86. The molecule has 0 aliphatic rings. The smallest absolute Gasteiger partial charge is 0.303 e. The number of aliphatic carboxylic acids is 1. The Morgan fingerprint density at radius 1 is 1.53 bits per heavy atom. The Balaban J connectivity index is 2.17. The van der Waals surface area contributed by atoms with Gasteiger partial charge in [-0.15, -0.1) is 0 Å². The van der Waals surface area contributed by atoms with E-state index in [4.69, 9.17) is 14.3 Å². The number of carboxylic acids is 1. The molecule has 2 aromatic rings. The predicted octanol–water partition coefficient (Wildman–Crippen LogP) is 2.24. The van der Waals surface area contributed by atoms with Gasteiger partial charge >= 0.3 is 5.97 Å². The summed E-state index contributed by atoms with van der Waals surface area (Å²) in [6.07, 6.45) is 1.16. The fraction of sp³-hybridized carbons (Fsp3) is 0.333. The summed E-state index contributed by atoms with van der Waals surface area (Å²) in [4.78, 5) is 14.7. The molecule has 0 aliphatic heterocycles. The first-order valence-corrected chi connectivity index (χ1v) is 5.35. The lowest BCUT2D eigenvalue weighted by Gasteiger charge is -1.96. The lowest BCUT2D eigenvalue weighted by atomic mass is 10.2. The normalized spacial score (nSPS) is 10.6. The van der Waals surface area contributed by atoms with E-state index in [9.17, 15) is 4.79 Å². The van der Waals surface area contributed by atoms with E-state index in [1.54, 1.807) is 7.11 Å². The minimum atomic E-state index is -0.807. The molecule has 0 atom stereocenters. The molecule has 17 heavy (non-hydrogen) atoms. The van der Waals surface area contributed by atoms with Crippen molar-refractivity contribution >= 4 is 17.1 Å². The number of nitrogens with zero attached hydrogens (tertiary/aromatic N) is 1. The Morgan fingerprint density at radius 3 is 3.06 bits per heavy atom. The van der Waals surface area contributed by atoms with Crippen molar-refractivity contribution in [1.29, 1.82) is 0 Å². The van der Waals surface area contributed by atoms with Crippen LogP contribution < -0.4 is 4.74 Å². The van der Waals surface area contributed by atoms with E-state index in [-0.39, 0.29) is 6.42 Å². The quantitative estimate of drug-likeness (QED) is 0.860. The SMILES string of the molecule is COc1cccc2oc(CCCC(=O)O)nc12. The number of aryl methyl sites for hydroxylation is 1. The highest BCUT2D eigenvalue weighted by Crippen LogP contribution is 2.25. The van der Waals surface area contributed by atoms with Crippen molar-refractivity contribution in [2.75, 3.05) is 7.11 Å². The summed E-state index contributed by atoms with van der Waals surface area (Å²) >= 11 is 0. The minimum absolute atomic E-state index is 0.121. The highest BCUT2D eigenvalue weighted by atomic mass is 16.5. The summed E-state index contributed by atoms with van der Waals surface area (Å²) in [5, 5.41) is 8.54. The van der Waals surface area contributed by atoms with Crippen molar-refractivity contribution in [3.05, 3.63) is 24.1 Å². The number of fused-ring (bicyclic) bond motifs is 1. The zero-order valence-electron chi connectivity index (χ0n) is 9.47. The maximum atomic E-state index is 10.4. The van der Waals surface area contributed by atoms with Crippen LogP contribution in [0.2, 0.25) is 0 Å². The number of carbonyl (C=O) groups is 1. The molecule has 0 fully saturated rings. The molecule has 0 saturated heterocycles. The van der Waals surface area contributed by atoms with Crippen molar-refractivity contribution in [1.82, 2.24) is 4.98 Å². The number of oxazole rings is 1. The molecule has 0 spiro atoms. The maximum absolute atomic E-state index is 10.4. The van der Waals surface area contributed by atoms with Crippen LogP contribution in [0.1, 0.15) is 18.7 Å². The number of para-hydroxylation sites is 1. The maximum Gasteiger partial charge on any atom is 0.303 e. The van der Waals surface area contributed by atoms with Gasteiger partial charge in [0, 0.05) is 12.8 Å². The fourth-order valence-electron chi connectivity index (χ4n) is 1.63. The van der Waals surface area contributed by atoms with Gasteiger partial charge in [-0.05, 0) is 18.6 Å². The Bertz CT molecular complexity index is 532. The topological polar surface area (TPSA) is 72.6 Å². The molecule has 0 aliphatic carbocycles. The Morgan fingerprint density at radius 2 is 2.35 bits per heavy atom. The summed E-state index contributed by atoms with van der Waals surface area (Å²) in [7, 11) is 1.58. The van der Waals surface area contributed by atoms with E-state index in [1.165, 1.54) is 0 Å². The van der Waals surface area contributed by atoms with Crippen LogP contribution in [0.3, 0.4) is 0 Å². The second-order valence-corrected chi connectivity index (χ2v) is 3.66. The van der Waals surface area contributed by atoms with E-state index >= 15 is 0 Å². The number of benzene rings is 1. The van der Waals surface area contributed by atoms with Gasteiger partial charge in [-0.3, -0.25) is 4.79 Å². The average Bonchev–Trinajstić information content (AvgIpc) is 2.70. The highest BCUT2D eigenvalue weighted by Gasteiger charge is 2.10. The highest BCUT2D eigenvalue weighted by molar-refractivity contribution is 5.79. The minimum Gasteiger partial charge on any atom is -0.494 e. The van der Waals surface area contributed by atoms with Crippen molar-refractivity contribution in [3.63, 3.8) is 0 Å². The first-order valence-electron chi connectivity index (χ1n) is 5.35. The summed E-state index contributed by atoms with van der Waals surface area (Å²) in [6.45, 7) is 0. The van der Waals surface area contributed by atoms with Gasteiger partial charge in [-0.2, -0.15) is 0 Å². The van der Waals surface area contributed by atoms with Gasteiger partial charge < -0.3 is 14.3 Å². The van der Waals surface area contributed by atoms with Gasteiger partial charge in [0.1, 0.15) is 5.75 Å². The van der Waals surface area contributed by atoms with Crippen LogP contribution in [-0.4, -0.2) is 23.2 Å². The Kier molecular flexibility index (Phi) is 3.27. The molecule has 1 heterocycles. The molecule has 1 aromatic carbocycles. The predicted molar refractivity (Wildman–Crippen MR) is 61.1 cm³/mol. The second-order valence-electron chi connectivity index (χ2n) is 3.66. The third-order valence-electron chi connectivity index (χ3n) is 2.43. The van der Waals surface area contributed by atoms with Crippen LogP contribution in [0.4, 0.5) is 0 Å². The van der Waals surface area contributed by atoms with E-state index in [2.05, 4.69) is 4.98 Å². The number of hydrogen-bond acceptors (Lipinski definition) is 4. The van der Waals surface area contributed by atoms with Gasteiger partial charge in [0.2, 0.25) is 0 Å². The van der Waals surface area contributed by atoms with E-state index in [0.717, 1.165) is 0 Å². The number of rotatable bonds is 5. The number of methoxy groups -OCH3 is 1. The van der Waals surface area contributed by atoms with E-state index < -0.39 is 5.97 Å². The monoisotopic (exact) mass is 235 g/mol. The molecule has 0 radical (unpaired) electrons. The number of aromatic nitrogens is 1. The first-order chi connectivity index (χ1) is 8.20. The van der Waals surface area contributed by atoms with Gasteiger partial charge in [0.25, 0.3) is 0 Å². The third kappa shape index (κ3) is 2.55. The van der Waals surface area contributed by atoms with Crippen LogP contribution in [0.25, 0.3) is 11.1 Å². The molecule has 0 saturated carbocycles. The van der Waals surface area contributed by atoms with E-state index in [0.29, 0.717) is 35.6 Å². The van der Waals surface area contributed by atoms with Crippen LogP contribution in [0.5, 0.6) is 5.75 Å². The number of hydrogen-bond donors (Lipinski definition) is 1. The molecule has 1 N–H and O–H groups in total. The summed E-state index contributed by atoms with van der Waals surface area (Å²) in [5.41, 5.74) is 1.34. The zero-order chi connectivity index (χ0) is 12.3. The molecule has 0 amide bonds. The zero-order valence-corrected chi connectivity index (χ0v) is 9.47. The van der Waals surface area contributed by atoms with Crippen LogP contribution in [0.15, 0.2) is 22.6 Å². The van der Waals surface area contributed by atoms with Crippen LogP contribution in [-0.2, 0) is 11.2 Å². The van der Waals surface area contributed by atoms with Crippen LogP contribution in [0, 0.1) is 0 Å². The first kappa shape index (κ1) is 11.4. The largest absolute Gasteiger partial charge is 0.494 e. The Hall–Kier alpha value is -2.04. The molecule has 1 aromatic heterocycles. The molecule has 90 valence electrons. The molecule has 0 unspecified atom stereocenters. The molecular weight excluding hydrogens is 222 g/mol. The van der Waals surface area contributed by atoms with Gasteiger partial charge in [0.15, 0.2) is 17.0 Å². The number of ether oxygens (including phenoxy) is 1. The molecule has 0 bridgehead atoms. The molecule has 5 heteroatoms. The van der Waals surface area contributed by atoms with Crippen molar-refractivity contribution in [3.8, 4) is 5.75 Å². The third-order valence-corrected chi connectivity index (χ3v) is 2.43. The van der Waals surface area contributed by atoms with Gasteiger partial charge in [-0.25, -0.2) is 4.98 Å². The van der Waals surface area contributed by atoms with Gasteiger partial charge in [0.05, 0.1) is 7.11 Å². The van der Waals surface area contributed by atoms with Crippen molar-refractivity contribution in [2.24, 2.45) is 0 Å². The fourth-order valence-corrected chi connectivity index (χ4v) is 1.63. The summed E-state index contributed by atoms with van der Waals surface area (Å²) < 4.78 is 10.7. The van der Waals surface area contributed by atoms with E-state index in [1.807, 2.05) is 18.2 Å². The molecule has 2 rings (SSSR count). The Labute approximate surface area is 98.0 Å². The standard InChI is InChI=1S/C12H13NO4/c1-16-8-4-2-5-9-12(8)13-10(17-9)6-3-7-11(14)15/h2,4-5H,3,6-7H2,1H3,(H,14,15). The van der Waals surface area contributed by atoms with Crippen molar-refractivity contribution < 1.29 is 19.1 Å². The summed E-state index contributed by atoms with van der Waals surface area (Å²) in [5.74, 6) is 0.403. The lowest BCUT2D eigenvalue weighted by molar-refractivity contribution is -0.137. The lowest BCUT2D eigenvalue weighted by Crippen LogP contribution is -1.95. The molecule has 5 nitrogen and oxygen atoms in total. The van der Waals surface area contributed by atoms with Crippen LogP contribution >= 0.6 is 0 Å². The van der Waals surface area contributed by atoms with Gasteiger partial charge in [-0.1, -0.05) is 6.07 Å².